The predicted molar refractivity (Wildman–Crippen MR) is 101 cm³/mol. The second-order valence-corrected chi connectivity index (χ2v) is 7.34. The van der Waals surface area contributed by atoms with Crippen LogP contribution in [0, 0.1) is 11.7 Å². The molecule has 3 rings (SSSR count). The third kappa shape index (κ3) is 6.01. The van der Waals surface area contributed by atoms with Crippen molar-refractivity contribution < 1.29 is 14.0 Å². The van der Waals surface area contributed by atoms with Crippen molar-refractivity contribution in [3.05, 3.63) is 35.6 Å². The third-order valence-electron chi connectivity index (χ3n) is 5.45. The maximum absolute atomic E-state index is 12.9. The smallest absolute Gasteiger partial charge is 0.223 e. The second-order valence-electron chi connectivity index (χ2n) is 7.34. The number of hydrogen-bond donors (Lipinski definition) is 2. The molecule has 2 aliphatic rings. The van der Waals surface area contributed by atoms with Crippen LogP contribution in [0.4, 0.5) is 4.39 Å². The molecule has 2 fully saturated rings. The highest BCUT2D eigenvalue weighted by atomic mass is 19.1. The number of likely N-dealkylation sites (tertiary alicyclic amines) is 1. The summed E-state index contributed by atoms with van der Waals surface area (Å²) in [6.07, 6.45) is 2.19. The van der Waals surface area contributed by atoms with Crippen molar-refractivity contribution in [2.24, 2.45) is 5.92 Å². The minimum atomic E-state index is -0.270. The lowest BCUT2D eigenvalue weighted by atomic mass is 9.95. The molecule has 2 saturated heterocycles. The van der Waals surface area contributed by atoms with E-state index in [2.05, 4.69) is 15.5 Å². The Hall–Kier alpha value is -1.99. The van der Waals surface area contributed by atoms with E-state index >= 15 is 0 Å². The Morgan fingerprint density at radius 1 is 1.07 bits per heavy atom. The van der Waals surface area contributed by atoms with Crippen molar-refractivity contribution in [3.63, 3.8) is 0 Å². The zero-order valence-electron chi connectivity index (χ0n) is 15.8. The lowest BCUT2D eigenvalue weighted by Crippen LogP contribution is -2.47. The zero-order chi connectivity index (χ0) is 19.1. The molecular formula is C20H29FN4O2. The van der Waals surface area contributed by atoms with Gasteiger partial charge in [-0.25, -0.2) is 4.39 Å². The van der Waals surface area contributed by atoms with E-state index in [0.717, 1.165) is 64.2 Å². The number of nitrogens with one attached hydrogen (secondary N) is 2. The van der Waals surface area contributed by atoms with E-state index in [9.17, 15) is 14.0 Å². The summed E-state index contributed by atoms with van der Waals surface area (Å²) in [6.45, 7) is 6.26. The molecule has 0 saturated carbocycles. The SMILES string of the molecule is O=C(NCc1ccc(F)cc1)C1CCN(CCC(=O)N2CCNCC2)CC1. The Balaban J connectivity index is 1.33. The van der Waals surface area contributed by atoms with Gasteiger partial charge in [0.05, 0.1) is 0 Å². The number of carbonyl (C=O) groups excluding carboxylic acids is 2. The lowest BCUT2D eigenvalue weighted by molar-refractivity contribution is -0.132. The Bertz CT molecular complexity index is 623. The van der Waals surface area contributed by atoms with Gasteiger partial charge in [0.25, 0.3) is 0 Å². The van der Waals surface area contributed by atoms with Gasteiger partial charge in [0.2, 0.25) is 11.8 Å². The largest absolute Gasteiger partial charge is 0.352 e. The molecule has 2 aliphatic heterocycles. The standard InChI is InChI=1S/C20H29FN4O2/c21-18-3-1-16(2-4-18)15-23-20(27)17-5-10-24(11-6-17)12-7-19(26)25-13-8-22-9-14-25/h1-4,17,22H,5-15H2,(H,23,27). The Morgan fingerprint density at radius 2 is 1.74 bits per heavy atom. The minimum absolute atomic E-state index is 0.0190. The van der Waals surface area contributed by atoms with Crippen LogP contribution in [-0.2, 0) is 16.1 Å². The number of nitrogens with zero attached hydrogens (tertiary/aromatic N) is 2. The molecule has 0 unspecified atom stereocenters. The van der Waals surface area contributed by atoms with Crippen molar-refractivity contribution in [2.75, 3.05) is 45.8 Å². The van der Waals surface area contributed by atoms with Crippen molar-refractivity contribution >= 4 is 11.8 Å². The van der Waals surface area contributed by atoms with Crippen molar-refractivity contribution in [2.45, 2.75) is 25.8 Å². The van der Waals surface area contributed by atoms with Gasteiger partial charge in [0.1, 0.15) is 5.82 Å². The van der Waals surface area contributed by atoms with Gasteiger partial charge in [-0.2, -0.15) is 0 Å². The monoisotopic (exact) mass is 376 g/mol. The first-order valence-corrected chi connectivity index (χ1v) is 9.85. The van der Waals surface area contributed by atoms with Crippen LogP contribution in [0.15, 0.2) is 24.3 Å². The number of rotatable bonds is 6. The Labute approximate surface area is 160 Å². The van der Waals surface area contributed by atoms with E-state index in [1.165, 1.54) is 12.1 Å². The molecule has 0 aliphatic carbocycles. The van der Waals surface area contributed by atoms with Gasteiger partial charge in [-0.15, -0.1) is 0 Å². The highest BCUT2D eigenvalue weighted by Gasteiger charge is 2.25. The van der Waals surface area contributed by atoms with Gasteiger partial charge in [-0.3, -0.25) is 9.59 Å². The number of amides is 2. The number of benzene rings is 1. The van der Waals surface area contributed by atoms with Crippen molar-refractivity contribution in [1.82, 2.24) is 20.4 Å². The van der Waals surface area contributed by atoms with Gasteiger partial charge >= 0.3 is 0 Å². The van der Waals surface area contributed by atoms with Crippen LogP contribution in [-0.4, -0.2) is 67.4 Å². The first-order valence-electron chi connectivity index (χ1n) is 9.85. The van der Waals surface area contributed by atoms with Crippen LogP contribution in [0.3, 0.4) is 0 Å². The normalized spacial score (nSPS) is 19.1. The fraction of sp³-hybridized carbons (Fsp3) is 0.600. The summed E-state index contributed by atoms with van der Waals surface area (Å²) in [4.78, 5) is 28.8. The molecule has 1 aromatic carbocycles. The molecule has 27 heavy (non-hydrogen) atoms. The fourth-order valence-electron chi connectivity index (χ4n) is 3.68. The van der Waals surface area contributed by atoms with Crippen LogP contribution < -0.4 is 10.6 Å². The molecule has 1 aromatic rings. The molecule has 148 valence electrons. The quantitative estimate of drug-likeness (QED) is 0.777. The number of halogens is 1. The molecule has 0 bridgehead atoms. The first-order chi connectivity index (χ1) is 13.1. The first kappa shape index (κ1) is 19.8. The summed E-state index contributed by atoms with van der Waals surface area (Å²) in [5.74, 6) is 0.0463. The zero-order valence-corrected chi connectivity index (χ0v) is 15.8. The topological polar surface area (TPSA) is 64.7 Å². The molecule has 2 amide bonds. The van der Waals surface area contributed by atoms with E-state index < -0.39 is 0 Å². The molecule has 0 aromatic heterocycles. The summed E-state index contributed by atoms with van der Waals surface area (Å²) in [7, 11) is 0. The molecule has 2 heterocycles. The van der Waals surface area contributed by atoms with Gasteiger partial charge in [0.15, 0.2) is 0 Å². The second kappa shape index (κ2) is 9.80. The summed E-state index contributed by atoms with van der Waals surface area (Å²) < 4.78 is 12.9. The number of piperazine rings is 1. The summed E-state index contributed by atoms with van der Waals surface area (Å²) in [6, 6.07) is 6.19. The van der Waals surface area contributed by atoms with Crippen LogP contribution in [0.1, 0.15) is 24.8 Å². The predicted octanol–water partition coefficient (Wildman–Crippen LogP) is 0.976. The summed E-state index contributed by atoms with van der Waals surface area (Å²) in [5, 5.41) is 6.20. The van der Waals surface area contributed by atoms with E-state index in [1.54, 1.807) is 12.1 Å². The number of carbonyl (C=O) groups is 2. The molecule has 6 nitrogen and oxygen atoms in total. The van der Waals surface area contributed by atoms with Crippen LogP contribution in [0.2, 0.25) is 0 Å². The molecule has 0 spiro atoms. The van der Waals surface area contributed by atoms with E-state index in [1.807, 2.05) is 4.90 Å². The third-order valence-corrected chi connectivity index (χ3v) is 5.45. The van der Waals surface area contributed by atoms with Gasteiger partial charge < -0.3 is 20.4 Å². The van der Waals surface area contributed by atoms with Crippen LogP contribution in [0.25, 0.3) is 0 Å². The average Bonchev–Trinajstić information content (AvgIpc) is 2.72. The van der Waals surface area contributed by atoms with Gasteiger partial charge in [-0.05, 0) is 43.6 Å². The Kier molecular flexibility index (Phi) is 7.18. The van der Waals surface area contributed by atoms with E-state index in [0.29, 0.717) is 13.0 Å². The minimum Gasteiger partial charge on any atom is -0.352 e. The van der Waals surface area contributed by atoms with Gasteiger partial charge in [-0.1, -0.05) is 12.1 Å². The molecule has 7 heteroatoms. The highest BCUT2D eigenvalue weighted by molar-refractivity contribution is 5.78. The van der Waals surface area contributed by atoms with Crippen LogP contribution >= 0.6 is 0 Å². The van der Waals surface area contributed by atoms with Gasteiger partial charge in [0, 0.05) is 51.6 Å². The number of piperidine rings is 1. The lowest BCUT2D eigenvalue weighted by Gasteiger charge is -2.32. The molecule has 0 atom stereocenters. The van der Waals surface area contributed by atoms with E-state index in [-0.39, 0.29) is 23.5 Å². The van der Waals surface area contributed by atoms with Crippen molar-refractivity contribution in [1.29, 1.82) is 0 Å². The number of hydrogen-bond acceptors (Lipinski definition) is 4. The van der Waals surface area contributed by atoms with E-state index in [4.69, 9.17) is 0 Å². The van der Waals surface area contributed by atoms with Crippen molar-refractivity contribution in [3.8, 4) is 0 Å². The summed E-state index contributed by atoms with van der Waals surface area (Å²) in [5.41, 5.74) is 0.897. The average molecular weight is 376 g/mol. The van der Waals surface area contributed by atoms with Crippen LogP contribution in [0.5, 0.6) is 0 Å². The highest BCUT2D eigenvalue weighted by Crippen LogP contribution is 2.18. The maximum Gasteiger partial charge on any atom is 0.223 e. The molecular weight excluding hydrogens is 347 g/mol. The maximum atomic E-state index is 12.9. The summed E-state index contributed by atoms with van der Waals surface area (Å²) >= 11 is 0. The molecule has 0 radical (unpaired) electrons. The molecule has 2 N–H and O–H groups in total. The Morgan fingerprint density at radius 3 is 2.41 bits per heavy atom. The fourth-order valence-corrected chi connectivity index (χ4v) is 3.68.